The van der Waals surface area contributed by atoms with Gasteiger partial charge >= 0.3 is 5.97 Å². The minimum absolute atomic E-state index is 0.465. The van der Waals surface area contributed by atoms with Crippen molar-refractivity contribution in [2.24, 2.45) is 5.11 Å². The Labute approximate surface area is 92.3 Å². The average Bonchev–Trinajstić information content (AvgIpc) is 2.49. The Kier molecular flexibility index (Phi) is 2.53. The molecule has 2 rings (SSSR count). The highest BCUT2D eigenvalue weighted by atomic mass is 16.8. The molecule has 2 fully saturated rings. The van der Waals surface area contributed by atoms with Crippen molar-refractivity contribution < 1.29 is 19.0 Å². The molecule has 7 heteroatoms. The molecule has 0 aromatic rings. The number of fused-ring (bicyclic) bond motifs is 1. The Hall–Kier alpha value is -1.30. The molecule has 2 saturated heterocycles. The number of rotatable bonds is 1. The largest absolute Gasteiger partial charge is 0.460 e. The number of carbonyl (C=O) groups is 1. The molecule has 0 radical (unpaired) electrons. The van der Waals surface area contributed by atoms with Gasteiger partial charge in [0.25, 0.3) is 0 Å². The van der Waals surface area contributed by atoms with E-state index < -0.39 is 36.1 Å². The fraction of sp³-hybridized carbons (Fsp3) is 0.889. The molecule has 0 bridgehead atoms. The van der Waals surface area contributed by atoms with Gasteiger partial charge in [0.05, 0.1) is 0 Å². The number of carbonyl (C=O) groups excluding carboxylic acids is 1. The molecule has 0 aliphatic carbocycles. The summed E-state index contributed by atoms with van der Waals surface area (Å²) in [7, 11) is 0. The first-order valence-corrected chi connectivity index (χ1v) is 5.05. The van der Waals surface area contributed by atoms with E-state index in [2.05, 4.69) is 10.0 Å². The summed E-state index contributed by atoms with van der Waals surface area (Å²) < 4.78 is 16.0. The van der Waals surface area contributed by atoms with Crippen LogP contribution in [0.4, 0.5) is 0 Å². The van der Waals surface area contributed by atoms with E-state index in [1.807, 2.05) is 0 Å². The van der Waals surface area contributed by atoms with E-state index in [0.717, 1.165) is 0 Å². The highest BCUT2D eigenvalue weighted by molar-refractivity contribution is 5.77. The van der Waals surface area contributed by atoms with Crippen LogP contribution in [0.25, 0.3) is 10.4 Å². The second kappa shape index (κ2) is 3.62. The first-order chi connectivity index (χ1) is 7.44. The van der Waals surface area contributed by atoms with Gasteiger partial charge in [-0.3, -0.25) is 0 Å². The molecule has 16 heavy (non-hydrogen) atoms. The Balaban J connectivity index is 2.29. The highest BCUT2D eigenvalue weighted by Gasteiger charge is 2.54. The zero-order valence-electron chi connectivity index (χ0n) is 9.28. The maximum atomic E-state index is 11.6. The van der Waals surface area contributed by atoms with Crippen LogP contribution in [0.2, 0.25) is 0 Å². The van der Waals surface area contributed by atoms with Gasteiger partial charge in [-0.2, -0.15) is 0 Å². The van der Waals surface area contributed by atoms with Crippen molar-refractivity contribution in [2.45, 2.75) is 50.9 Å². The molecule has 0 aromatic heterocycles. The van der Waals surface area contributed by atoms with Gasteiger partial charge in [-0.1, -0.05) is 5.11 Å². The summed E-state index contributed by atoms with van der Waals surface area (Å²) in [5, 5.41) is 3.61. The number of hydrogen-bond donors (Lipinski definition) is 0. The number of nitrogens with zero attached hydrogens (tertiary/aromatic N) is 3. The fourth-order valence-corrected chi connectivity index (χ4v) is 2.03. The standard InChI is InChI=1S/C9H13N3O4/c1-4-5(11-12-10)6-7(8(13)14-4)16-9(2,3)15-6/h4-7H,1-3H3/t4-,5-,6+,7+/m1/s1. The lowest BCUT2D eigenvalue weighted by atomic mass is 9.99. The van der Waals surface area contributed by atoms with E-state index in [0.29, 0.717) is 0 Å². The van der Waals surface area contributed by atoms with Gasteiger partial charge in [0.15, 0.2) is 11.9 Å². The van der Waals surface area contributed by atoms with Crippen molar-refractivity contribution in [1.29, 1.82) is 0 Å². The van der Waals surface area contributed by atoms with Crippen molar-refractivity contribution in [1.82, 2.24) is 0 Å². The van der Waals surface area contributed by atoms with Crippen LogP contribution in [0.3, 0.4) is 0 Å². The first kappa shape index (κ1) is 11.2. The molecule has 0 amide bonds. The smallest absolute Gasteiger partial charge is 0.338 e. The van der Waals surface area contributed by atoms with Crippen LogP contribution in [0.15, 0.2) is 5.11 Å². The molecule has 2 aliphatic heterocycles. The van der Waals surface area contributed by atoms with Crippen molar-refractivity contribution in [2.75, 3.05) is 0 Å². The zero-order valence-corrected chi connectivity index (χ0v) is 9.28. The van der Waals surface area contributed by atoms with Gasteiger partial charge in [-0.15, -0.1) is 0 Å². The summed E-state index contributed by atoms with van der Waals surface area (Å²) in [5.74, 6) is -1.32. The average molecular weight is 227 g/mol. The predicted octanol–water partition coefficient (Wildman–Crippen LogP) is 1.13. The van der Waals surface area contributed by atoms with Crippen LogP contribution in [-0.4, -0.2) is 36.1 Å². The highest BCUT2D eigenvalue weighted by Crippen LogP contribution is 2.36. The normalized spacial score (nSPS) is 40.8. The monoisotopic (exact) mass is 227 g/mol. The number of cyclic esters (lactones) is 1. The van der Waals surface area contributed by atoms with Crippen LogP contribution in [0.1, 0.15) is 20.8 Å². The lowest BCUT2D eigenvalue weighted by molar-refractivity contribution is -0.173. The number of hydrogen-bond acceptors (Lipinski definition) is 5. The molecule has 88 valence electrons. The van der Waals surface area contributed by atoms with Gasteiger partial charge in [0.2, 0.25) is 0 Å². The molecular weight excluding hydrogens is 214 g/mol. The Morgan fingerprint density at radius 3 is 2.75 bits per heavy atom. The van der Waals surface area contributed by atoms with Crippen LogP contribution >= 0.6 is 0 Å². The minimum Gasteiger partial charge on any atom is -0.460 e. The molecule has 2 aliphatic rings. The van der Waals surface area contributed by atoms with Crippen molar-refractivity contribution in [3.63, 3.8) is 0 Å². The van der Waals surface area contributed by atoms with Crippen molar-refractivity contribution in [3.05, 3.63) is 10.4 Å². The summed E-state index contributed by atoms with van der Waals surface area (Å²) in [6, 6.07) is -0.547. The van der Waals surface area contributed by atoms with Crippen LogP contribution in [0, 0.1) is 0 Å². The Morgan fingerprint density at radius 2 is 2.12 bits per heavy atom. The van der Waals surface area contributed by atoms with Gasteiger partial charge in [0, 0.05) is 4.91 Å². The predicted molar refractivity (Wildman–Crippen MR) is 52.3 cm³/mol. The van der Waals surface area contributed by atoms with E-state index in [1.165, 1.54) is 0 Å². The quantitative estimate of drug-likeness (QED) is 0.290. The Morgan fingerprint density at radius 1 is 1.44 bits per heavy atom. The SMILES string of the molecule is C[C@H]1OC(=O)[C@H]2OC(C)(C)O[C@H]2[C@@H]1N=[N+]=[N-]. The molecule has 0 saturated carbocycles. The molecule has 7 nitrogen and oxygen atoms in total. The molecular formula is C9H13N3O4. The van der Waals surface area contributed by atoms with Gasteiger partial charge in [0.1, 0.15) is 18.2 Å². The number of ether oxygens (including phenoxy) is 3. The Bertz CT molecular complexity index is 364. The number of azide groups is 1. The third kappa shape index (κ3) is 1.73. The summed E-state index contributed by atoms with van der Waals surface area (Å²) in [5.41, 5.74) is 8.47. The molecule has 0 unspecified atom stereocenters. The van der Waals surface area contributed by atoms with Gasteiger partial charge in [-0.25, -0.2) is 4.79 Å². The molecule has 0 N–H and O–H groups in total. The number of esters is 1. The summed E-state index contributed by atoms with van der Waals surface area (Å²) >= 11 is 0. The first-order valence-electron chi connectivity index (χ1n) is 5.05. The van der Waals surface area contributed by atoms with Crippen molar-refractivity contribution >= 4 is 5.97 Å². The lowest BCUT2D eigenvalue weighted by Crippen LogP contribution is -2.52. The van der Waals surface area contributed by atoms with E-state index in [-0.39, 0.29) is 0 Å². The van der Waals surface area contributed by atoms with Crippen LogP contribution in [-0.2, 0) is 19.0 Å². The minimum atomic E-state index is -0.859. The second-order valence-electron chi connectivity index (χ2n) is 4.36. The third-order valence-electron chi connectivity index (χ3n) is 2.67. The summed E-state index contributed by atoms with van der Waals surface area (Å²) in [6.07, 6.45) is -1.87. The molecule has 0 spiro atoms. The molecule has 2 heterocycles. The molecule has 0 aromatic carbocycles. The van der Waals surface area contributed by atoms with E-state index in [9.17, 15) is 4.79 Å². The summed E-state index contributed by atoms with van der Waals surface area (Å²) in [4.78, 5) is 14.3. The maximum absolute atomic E-state index is 11.6. The maximum Gasteiger partial charge on any atom is 0.338 e. The van der Waals surface area contributed by atoms with Crippen molar-refractivity contribution in [3.8, 4) is 0 Å². The van der Waals surface area contributed by atoms with Crippen LogP contribution in [0.5, 0.6) is 0 Å². The molecule has 4 atom stereocenters. The fourth-order valence-electron chi connectivity index (χ4n) is 2.03. The lowest BCUT2D eigenvalue weighted by Gasteiger charge is -2.32. The van der Waals surface area contributed by atoms with E-state index in [1.54, 1.807) is 20.8 Å². The summed E-state index contributed by atoms with van der Waals surface area (Å²) in [6.45, 7) is 5.08. The van der Waals surface area contributed by atoms with E-state index >= 15 is 0 Å². The second-order valence-corrected chi connectivity index (χ2v) is 4.36. The zero-order chi connectivity index (χ0) is 11.9. The van der Waals surface area contributed by atoms with Gasteiger partial charge in [-0.05, 0) is 26.3 Å². The van der Waals surface area contributed by atoms with Crippen LogP contribution < -0.4 is 0 Å². The third-order valence-corrected chi connectivity index (χ3v) is 2.67. The van der Waals surface area contributed by atoms with E-state index in [4.69, 9.17) is 19.7 Å². The van der Waals surface area contributed by atoms with Gasteiger partial charge < -0.3 is 14.2 Å². The topological polar surface area (TPSA) is 93.5 Å².